The van der Waals surface area contributed by atoms with Crippen molar-refractivity contribution in [2.24, 2.45) is 0 Å². The molecule has 0 bridgehead atoms. The van der Waals surface area contributed by atoms with Gasteiger partial charge in [-0.25, -0.2) is 4.18 Å². The van der Waals surface area contributed by atoms with Crippen molar-refractivity contribution in [2.45, 2.75) is 33.4 Å². The maximum Gasteiger partial charge on any atom is 0.399 e. The Hall–Kier alpha value is -0.170. The van der Waals surface area contributed by atoms with Crippen LogP contribution < -0.4 is 0 Å². The lowest BCUT2D eigenvalue weighted by Gasteiger charge is -2.34. The standard InChI is InChI=1S/C7H17NO4S/c1-5-8(6-2)7(3,4)12-13(9,10)11/h5-6H2,1-4H3,(H,9,10,11). The molecule has 80 valence electrons. The van der Waals surface area contributed by atoms with Gasteiger partial charge < -0.3 is 0 Å². The van der Waals surface area contributed by atoms with Gasteiger partial charge in [0.1, 0.15) is 5.72 Å². The second-order valence-corrected chi connectivity index (χ2v) is 4.15. The zero-order chi connectivity index (χ0) is 10.7. The molecule has 0 aliphatic carbocycles. The van der Waals surface area contributed by atoms with Crippen molar-refractivity contribution in [1.82, 2.24) is 4.90 Å². The molecule has 0 aliphatic heterocycles. The summed E-state index contributed by atoms with van der Waals surface area (Å²) in [5.74, 6) is 0. The zero-order valence-corrected chi connectivity index (χ0v) is 9.26. The highest BCUT2D eigenvalue weighted by Gasteiger charge is 2.30. The van der Waals surface area contributed by atoms with Crippen LogP contribution in [0.4, 0.5) is 0 Å². The van der Waals surface area contributed by atoms with E-state index < -0.39 is 16.1 Å². The number of rotatable bonds is 5. The predicted molar refractivity (Wildman–Crippen MR) is 49.6 cm³/mol. The van der Waals surface area contributed by atoms with Crippen molar-refractivity contribution in [2.75, 3.05) is 13.1 Å². The van der Waals surface area contributed by atoms with Gasteiger partial charge in [0.15, 0.2) is 0 Å². The van der Waals surface area contributed by atoms with Crippen LogP contribution in [0.15, 0.2) is 0 Å². The van der Waals surface area contributed by atoms with E-state index >= 15 is 0 Å². The molecule has 0 saturated carbocycles. The number of hydrogen-bond donors (Lipinski definition) is 1. The molecular weight excluding hydrogens is 194 g/mol. The first-order valence-electron chi connectivity index (χ1n) is 4.16. The van der Waals surface area contributed by atoms with Crippen LogP contribution in [0.3, 0.4) is 0 Å². The van der Waals surface area contributed by atoms with Gasteiger partial charge in [-0.1, -0.05) is 13.8 Å². The maximum absolute atomic E-state index is 10.5. The van der Waals surface area contributed by atoms with Crippen molar-refractivity contribution in [3.63, 3.8) is 0 Å². The minimum absolute atomic E-state index is 0.652. The average Bonchev–Trinajstić information content (AvgIpc) is 1.83. The lowest BCUT2D eigenvalue weighted by molar-refractivity contribution is -0.0515. The van der Waals surface area contributed by atoms with Gasteiger partial charge in [0.2, 0.25) is 0 Å². The Bertz CT molecular complexity index is 243. The third-order valence-corrected chi connectivity index (χ3v) is 2.45. The Balaban J connectivity index is 4.55. The van der Waals surface area contributed by atoms with Gasteiger partial charge in [0, 0.05) is 0 Å². The normalized spacial score (nSPS) is 13.7. The fourth-order valence-electron chi connectivity index (χ4n) is 1.30. The second-order valence-electron chi connectivity index (χ2n) is 3.13. The molecule has 0 unspecified atom stereocenters. The second kappa shape index (κ2) is 4.36. The van der Waals surface area contributed by atoms with Gasteiger partial charge in [-0.3, -0.25) is 9.45 Å². The first-order chi connectivity index (χ1) is 5.73. The topological polar surface area (TPSA) is 66.8 Å². The molecule has 0 atom stereocenters. The molecule has 0 heterocycles. The Morgan fingerprint density at radius 1 is 1.31 bits per heavy atom. The molecule has 0 rings (SSSR count). The van der Waals surface area contributed by atoms with E-state index in [1.165, 1.54) is 0 Å². The molecule has 0 aliphatic rings. The fourth-order valence-corrected chi connectivity index (χ4v) is 1.92. The molecule has 0 radical (unpaired) electrons. The summed E-state index contributed by atoms with van der Waals surface area (Å²) in [6.45, 7) is 8.26. The molecule has 0 fully saturated rings. The average molecular weight is 211 g/mol. The third kappa shape index (κ3) is 4.56. The number of nitrogens with zero attached hydrogens (tertiary/aromatic N) is 1. The van der Waals surface area contributed by atoms with E-state index in [1.54, 1.807) is 18.7 Å². The first kappa shape index (κ1) is 12.8. The van der Waals surface area contributed by atoms with Crippen LogP contribution in [0.1, 0.15) is 27.7 Å². The molecular formula is C7H17NO4S. The summed E-state index contributed by atoms with van der Waals surface area (Å²) in [4.78, 5) is 1.78. The van der Waals surface area contributed by atoms with Crippen LogP contribution in [0.5, 0.6) is 0 Å². The molecule has 0 aromatic carbocycles. The Labute approximate surface area is 79.6 Å². The minimum atomic E-state index is -4.39. The quantitative estimate of drug-likeness (QED) is 0.540. The first-order valence-corrected chi connectivity index (χ1v) is 5.52. The summed E-state index contributed by atoms with van der Waals surface area (Å²) in [5.41, 5.74) is -1.00. The summed E-state index contributed by atoms with van der Waals surface area (Å²) in [6.07, 6.45) is 0. The van der Waals surface area contributed by atoms with E-state index in [4.69, 9.17) is 4.55 Å². The molecule has 5 nitrogen and oxygen atoms in total. The van der Waals surface area contributed by atoms with E-state index in [-0.39, 0.29) is 0 Å². The highest BCUT2D eigenvalue weighted by molar-refractivity contribution is 7.80. The van der Waals surface area contributed by atoms with Crippen LogP contribution >= 0.6 is 0 Å². The Morgan fingerprint density at radius 2 is 1.69 bits per heavy atom. The van der Waals surface area contributed by atoms with E-state index in [9.17, 15) is 8.42 Å². The fraction of sp³-hybridized carbons (Fsp3) is 1.00. The van der Waals surface area contributed by atoms with Gasteiger partial charge in [-0.05, 0) is 26.9 Å². The zero-order valence-electron chi connectivity index (χ0n) is 8.44. The molecule has 1 N–H and O–H groups in total. The lowest BCUT2D eigenvalue weighted by Crippen LogP contribution is -2.46. The van der Waals surface area contributed by atoms with Gasteiger partial charge in [0.25, 0.3) is 0 Å². The van der Waals surface area contributed by atoms with Crippen molar-refractivity contribution < 1.29 is 17.2 Å². The van der Waals surface area contributed by atoms with Crippen LogP contribution in [-0.2, 0) is 14.6 Å². The van der Waals surface area contributed by atoms with Crippen LogP contribution in [0, 0.1) is 0 Å². The highest BCUT2D eigenvalue weighted by Crippen LogP contribution is 2.17. The van der Waals surface area contributed by atoms with Crippen LogP contribution in [0.2, 0.25) is 0 Å². The van der Waals surface area contributed by atoms with Crippen molar-refractivity contribution in [3.05, 3.63) is 0 Å². The molecule has 0 spiro atoms. The van der Waals surface area contributed by atoms with E-state index in [1.807, 2.05) is 13.8 Å². The molecule has 0 saturated heterocycles. The summed E-state index contributed by atoms with van der Waals surface area (Å²) >= 11 is 0. The largest absolute Gasteiger partial charge is 0.399 e. The lowest BCUT2D eigenvalue weighted by atomic mass is 10.2. The monoisotopic (exact) mass is 211 g/mol. The SMILES string of the molecule is CCN(CC)C(C)(C)OS(=O)(=O)O. The van der Waals surface area contributed by atoms with Crippen molar-refractivity contribution in [3.8, 4) is 0 Å². The van der Waals surface area contributed by atoms with E-state index in [2.05, 4.69) is 4.18 Å². The van der Waals surface area contributed by atoms with Crippen LogP contribution in [-0.4, -0.2) is 36.7 Å². The summed E-state index contributed by atoms with van der Waals surface area (Å²) in [7, 11) is -4.39. The van der Waals surface area contributed by atoms with E-state index in [0.29, 0.717) is 13.1 Å². The smallest absolute Gasteiger partial charge is 0.276 e. The molecule has 0 amide bonds. The molecule has 0 aromatic heterocycles. The van der Waals surface area contributed by atoms with Gasteiger partial charge in [-0.2, -0.15) is 8.42 Å². The van der Waals surface area contributed by atoms with Gasteiger partial charge in [-0.15, -0.1) is 0 Å². The Morgan fingerprint density at radius 3 is 1.92 bits per heavy atom. The highest BCUT2D eigenvalue weighted by atomic mass is 32.3. The predicted octanol–water partition coefficient (Wildman–Crippen LogP) is 0.884. The van der Waals surface area contributed by atoms with Crippen LogP contribution in [0.25, 0.3) is 0 Å². The maximum atomic E-state index is 10.5. The van der Waals surface area contributed by atoms with Crippen molar-refractivity contribution in [1.29, 1.82) is 0 Å². The minimum Gasteiger partial charge on any atom is -0.276 e. The third-order valence-electron chi connectivity index (χ3n) is 1.83. The molecule has 13 heavy (non-hydrogen) atoms. The Kier molecular flexibility index (Phi) is 4.31. The molecule has 6 heteroatoms. The van der Waals surface area contributed by atoms with E-state index in [0.717, 1.165) is 0 Å². The molecule has 0 aromatic rings. The van der Waals surface area contributed by atoms with Gasteiger partial charge >= 0.3 is 10.4 Å². The number of hydrogen-bond acceptors (Lipinski definition) is 4. The van der Waals surface area contributed by atoms with Crippen molar-refractivity contribution >= 4 is 10.4 Å². The summed E-state index contributed by atoms with van der Waals surface area (Å²) < 4.78 is 34.0. The summed E-state index contributed by atoms with van der Waals surface area (Å²) in [5, 5.41) is 0. The van der Waals surface area contributed by atoms with Gasteiger partial charge in [0.05, 0.1) is 0 Å². The summed E-state index contributed by atoms with van der Waals surface area (Å²) in [6, 6.07) is 0.